The predicted octanol–water partition coefficient (Wildman–Crippen LogP) is 2.79. The second-order valence-corrected chi connectivity index (χ2v) is 7.68. The van der Waals surface area contributed by atoms with Gasteiger partial charge in [-0.15, -0.1) is 0 Å². The van der Waals surface area contributed by atoms with Crippen molar-refractivity contribution in [3.63, 3.8) is 0 Å². The van der Waals surface area contributed by atoms with E-state index in [0.29, 0.717) is 4.32 Å². The highest BCUT2D eigenvalue weighted by Gasteiger charge is 2.34. The predicted molar refractivity (Wildman–Crippen MR) is 93.9 cm³/mol. The quantitative estimate of drug-likeness (QED) is 0.604. The molecule has 1 atom stereocenters. The number of benzene rings is 1. The summed E-state index contributed by atoms with van der Waals surface area (Å²) in [5.74, 6) is -0.339. The zero-order chi connectivity index (χ0) is 14.9. The number of halogens is 1. The maximum absolute atomic E-state index is 12.0. The highest BCUT2D eigenvalue weighted by atomic mass is 127. The van der Waals surface area contributed by atoms with Crippen molar-refractivity contribution in [2.24, 2.45) is 0 Å². The number of amides is 2. The first-order chi connectivity index (χ1) is 9.38. The van der Waals surface area contributed by atoms with Gasteiger partial charge in [-0.25, -0.2) is 0 Å². The lowest BCUT2D eigenvalue weighted by Crippen LogP contribution is -2.37. The zero-order valence-corrected chi connectivity index (χ0v) is 14.8. The maximum atomic E-state index is 12.0. The van der Waals surface area contributed by atoms with Gasteiger partial charge in [0.2, 0.25) is 11.8 Å². The Morgan fingerprint density at radius 3 is 2.80 bits per heavy atom. The normalized spacial score (nSPS) is 18.6. The largest absolute Gasteiger partial charge is 0.324 e. The Hall–Kier alpha value is -0.670. The van der Waals surface area contributed by atoms with Crippen LogP contribution in [0, 0.1) is 10.5 Å². The smallest absolute Gasteiger partial charge is 0.244 e. The van der Waals surface area contributed by atoms with Gasteiger partial charge >= 0.3 is 0 Å². The summed E-state index contributed by atoms with van der Waals surface area (Å²) in [6.45, 7) is 3.70. The molecule has 1 N–H and O–H groups in total. The molecule has 0 aliphatic carbocycles. The van der Waals surface area contributed by atoms with Gasteiger partial charge in [-0.2, -0.15) is 0 Å². The van der Waals surface area contributed by atoms with Crippen molar-refractivity contribution in [3.8, 4) is 0 Å². The van der Waals surface area contributed by atoms with Crippen LogP contribution < -0.4 is 5.32 Å². The van der Waals surface area contributed by atoms with E-state index in [1.165, 1.54) is 16.7 Å². The average molecular weight is 420 g/mol. The molecule has 1 aromatic rings. The fourth-order valence-electron chi connectivity index (χ4n) is 1.82. The average Bonchev–Trinajstić information content (AvgIpc) is 2.60. The van der Waals surface area contributed by atoms with Crippen LogP contribution in [0.15, 0.2) is 18.2 Å². The minimum absolute atomic E-state index is 0.0273. The Bertz CT molecular complexity index is 592. The van der Waals surface area contributed by atoms with E-state index < -0.39 is 0 Å². The van der Waals surface area contributed by atoms with E-state index in [1.807, 2.05) is 25.1 Å². The monoisotopic (exact) mass is 420 g/mol. The maximum Gasteiger partial charge on any atom is 0.244 e. The number of carbonyl (C=O) groups excluding carboxylic acids is 2. The molecule has 0 radical (unpaired) electrons. The zero-order valence-electron chi connectivity index (χ0n) is 11.0. The minimum Gasteiger partial charge on any atom is -0.324 e. The lowest BCUT2D eigenvalue weighted by molar-refractivity contribution is -0.129. The molecule has 2 rings (SSSR count). The first-order valence-corrected chi connectivity index (χ1v) is 8.33. The number of hydrogen-bond acceptors (Lipinski definition) is 4. The molecular weight excluding hydrogens is 407 g/mol. The molecule has 0 aromatic heterocycles. The summed E-state index contributed by atoms with van der Waals surface area (Å²) in [7, 11) is 0. The van der Waals surface area contributed by atoms with E-state index in [2.05, 4.69) is 27.9 Å². The molecule has 0 saturated carbocycles. The third kappa shape index (κ3) is 3.50. The number of hydrogen-bond donors (Lipinski definition) is 1. The highest BCUT2D eigenvalue weighted by Crippen LogP contribution is 2.26. The van der Waals surface area contributed by atoms with Gasteiger partial charge in [0.05, 0.1) is 5.25 Å². The summed E-state index contributed by atoms with van der Waals surface area (Å²) in [6, 6.07) is 5.77. The van der Waals surface area contributed by atoms with Crippen molar-refractivity contribution in [2.45, 2.75) is 19.1 Å². The molecule has 1 saturated heterocycles. The molecule has 1 aliphatic rings. The van der Waals surface area contributed by atoms with Crippen LogP contribution in [0.3, 0.4) is 0 Å². The third-order valence-electron chi connectivity index (χ3n) is 2.88. The topological polar surface area (TPSA) is 49.4 Å². The molecule has 7 heteroatoms. The third-order valence-corrected chi connectivity index (χ3v) is 5.03. The van der Waals surface area contributed by atoms with Gasteiger partial charge < -0.3 is 5.32 Å². The molecule has 0 spiro atoms. The molecule has 2 amide bonds. The van der Waals surface area contributed by atoms with Crippen molar-refractivity contribution < 1.29 is 9.59 Å². The molecule has 1 aliphatic heterocycles. The summed E-state index contributed by atoms with van der Waals surface area (Å²) < 4.78 is 1.58. The van der Waals surface area contributed by atoms with Crippen LogP contribution in [0.25, 0.3) is 0 Å². The summed E-state index contributed by atoms with van der Waals surface area (Å²) in [5, 5.41) is 2.62. The summed E-state index contributed by atoms with van der Waals surface area (Å²) in [6.07, 6.45) is 0. The number of nitrogens with one attached hydrogen (secondary N) is 1. The summed E-state index contributed by atoms with van der Waals surface area (Å²) in [5.41, 5.74) is 1.75. The van der Waals surface area contributed by atoms with Crippen molar-refractivity contribution >= 4 is 68.4 Å². The van der Waals surface area contributed by atoms with Crippen LogP contribution in [-0.2, 0) is 9.59 Å². The Balaban J connectivity index is 2.03. The molecular formula is C13H13IN2O2S2. The molecule has 1 heterocycles. The molecule has 4 nitrogen and oxygen atoms in total. The van der Waals surface area contributed by atoms with E-state index in [0.717, 1.165) is 14.8 Å². The molecule has 106 valence electrons. The highest BCUT2D eigenvalue weighted by molar-refractivity contribution is 14.1. The number of carbonyl (C=O) groups is 2. The summed E-state index contributed by atoms with van der Waals surface area (Å²) in [4.78, 5) is 25.2. The summed E-state index contributed by atoms with van der Waals surface area (Å²) >= 11 is 8.64. The van der Waals surface area contributed by atoms with E-state index >= 15 is 0 Å². The van der Waals surface area contributed by atoms with Gasteiger partial charge in [-0.1, -0.05) is 24.0 Å². The van der Waals surface area contributed by atoms with Crippen molar-refractivity contribution in [1.29, 1.82) is 0 Å². The van der Waals surface area contributed by atoms with E-state index in [1.54, 1.807) is 6.92 Å². The van der Waals surface area contributed by atoms with Gasteiger partial charge in [0.1, 0.15) is 10.9 Å². The first kappa shape index (κ1) is 15.7. The fourth-order valence-corrected chi connectivity index (χ4v) is 3.86. The second-order valence-electron chi connectivity index (χ2n) is 4.46. The van der Waals surface area contributed by atoms with Crippen LogP contribution in [0.1, 0.15) is 12.5 Å². The van der Waals surface area contributed by atoms with Crippen LogP contribution in [0.4, 0.5) is 5.69 Å². The van der Waals surface area contributed by atoms with Gasteiger partial charge in [-0.05, 0) is 60.2 Å². The van der Waals surface area contributed by atoms with Gasteiger partial charge in [0, 0.05) is 9.26 Å². The van der Waals surface area contributed by atoms with Crippen molar-refractivity contribution in [3.05, 3.63) is 27.3 Å². The second kappa shape index (κ2) is 6.40. The number of aryl methyl sites for hydroxylation is 1. The number of thiocarbonyl (C=S) groups is 1. The standard InChI is InChI=1S/C13H13IN2O2S2/c1-7-5-9(14)3-4-10(7)15-11(17)6-16-12(18)8(2)20-13(16)19/h3-5,8H,6H2,1-2H3,(H,15,17). The lowest BCUT2D eigenvalue weighted by atomic mass is 10.2. The van der Waals surface area contributed by atoms with Gasteiger partial charge in [0.15, 0.2) is 0 Å². The Kier molecular flexibility index (Phi) is 5.03. The SMILES string of the molecule is Cc1cc(I)ccc1NC(=O)CN1C(=O)C(C)SC1=S. The Labute approximate surface area is 140 Å². The molecule has 1 aromatic carbocycles. The number of nitrogens with zero attached hydrogens (tertiary/aromatic N) is 1. The van der Waals surface area contributed by atoms with Gasteiger partial charge in [-0.3, -0.25) is 14.5 Å². The molecule has 1 unspecified atom stereocenters. The van der Waals surface area contributed by atoms with E-state index in [4.69, 9.17) is 12.2 Å². The van der Waals surface area contributed by atoms with Crippen LogP contribution >= 0.6 is 46.6 Å². The van der Waals surface area contributed by atoms with E-state index in [9.17, 15) is 9.59 Å². The van der Waals surface area contributed by atoms with E-state index in [-0.39, 0.29) is 23.6 Å². The number of anilines is 1. The minimum atomic E-state index is -0.236. The first-order valence-electron chi connectivity index (χ1n) is 5.96. The Morgan fingerprint density at radius 1 is 1.55 bits per heavy atom. The van der Waals surface area contributed by atoms with Crippen LogP contribution in [0.5, 0.6) is 0 Å². The number of thioether (sulfide) groups is 1. The van der Waals surface area contributed by atoms with Crippen LogP contribution in [-0.4, -0.2) is 32.8 Å². The van der Waals surface area contributed by atoms with Crippen molar-refractivity contribution in [2.75, 3.05) is 11.9 Å². The van der Waals surface area contributed by atoms with Crippen molar-refractivity contribution in [1.82, 2.24) is 4.90 Å². The Morgan fingerprint density at radius 2 is 2.25 bits per heavy atom. The lowest BCUT2D eigenvalue weighted by Gasteiger charge is -2.15. The molecule has 1 fully saturated rings. The fraction of sp³-hybridized carbons (Fsp3) is 0.308. The van der Waals surface area contributed by atoms with Crippen LogP contribution in [0.2, 0.25) is 0 Å². The van der Waals surface area contributed by atoms with Gasteiger partial charge in [0.25, 0.3) is 0 Å². The molecule has 0 bridgehead atoms. The number of rotatable bonds is 3. The molecule has 20 heavy (non-hydrogen) atoms.